The number of allylic oxidation sites excluding steroid dienone is 1. The van der Waals surface area contributed by atoms with Crippen LogP contribution in [0.3, 0.4) is 0 Å². The topological polar surface area (TPSA) is 52.6 Å². The van der Waals surface area contributed by atoms with Gasteiger partial charge in [0.25, 0.3) is 0 Å². The molecule has 1 aliphatic carbocycles. The molecule has 0 spiro atoms. The highest BCUT2D eigenvalue weighted by Crippen LogP contribution is 2.25. The van der Waals surface area contributed by atoms with E-state index in [1.54, 1.807) is 0 Å². The highest BCUT2D eigenvalue weighted by atomic mass is 16.7. The third-order valence-corrected chi connectivity index (χ3v) is 2.89. The Morgan fingerprint density at radius 1 is 1.38 bits per heavy atom. The predicted octanol–water partition coefficient (Wildman–Crippen LogP) is 1.49. The average Bonchev–Trinajstić information content (AvgIpc) is 2.44. The van der Waals surface area contributed by atoms with Gasteiger partial charge in [0.15, 0.2) is 11.6 Å². The number of Topliss-reactive ketones (excluding diaryl/α,β-unsaturated/α-hetero) is 2. The minimum atomic E-state index is -0.945. The Morgan fingerprint density at radius 3 is 2.56 bits per heavy atom. The van der Waals surface area contributed by atoms with Crippen molar-refractivity contribution in [1.82, 2.24) is 0 Å². The van der Waals surface area contributed by atoms with Crippen molar-refractivity contribution < 1.29 is 19.1 Å². The first-order chi connectivity index (χ1) is 7.61. The van der Waals surface area contributed by atoms with Gasteiger partial charge in [-0.2, -0.15) is 0 Å². The molecule has 0 N–H and O–H groups in total. The molecular weight excluding hydrogens is 208 g/mol. The zero-order chi connectivity index (χ0) is 12.1. The van der Waals surface area contributed by atoms with Crippen LogP contribution < -0.4 is 0 Å². The summed E-state index contributed by atoms with van der Waals surface area (Å²) in [5, 5.41) is 0. The first-order valence-electron chi connectivity index (χ1n) is 5.43. The van der Waals surface area contributed by atoms with Gasteiger partial charge in [-0.1, -0.05) is 13.0 Å². The molecule has 90 valence electrons. The predicted molar refractivity (Wildman–Crippen MR) is 58.9 cm³/mol. The van der Waals surface area contributed by atoms with Crippen LogP contribution >= 0.6 is 0 Å². The lowest BCUT2D eigenvalue weighted by molar-refractivity contribution is -0.162. The number of ketones is 2. The summed E-state index contributed by atoms with van der Waals surface area (Å²) in [6.07, 6.45) is 2.09. The highest BCUT2D eigenvalue weighted by Gasteiger charge is 2.34. The fourth-order valence-corrected chi connectivity index (χ4v) is 1.95. The van der Waals surface area contributed by atoms with E-state index in [-0.39, 0.29) is 11.6 Å². The summed E-state index contributed by atoms with van der Waals surface area (Å²) < 4.78 is 9.77. The summed E-state index contributed by atoms with van der Waals surface area (Å²) in [6.45, 7) is 3.72. The number of hydrogen-bond acceptors (Lipinski definition) is 4. The molecule has 0 bridgehead atoms. The monoisotopic (exact) mass is 226 g/mol. The normalized spacial score (nSPS) is 22.3. The van der Waals surface area contributed by atoms with Crippen LogP contribution in [0.25, 0.3) is 0 Å². The molecule has 0 aromatic carbocycles. The third-order valence-electron chi connectivity index (χ3n) is 2.89. The van der Waals surface area contributed by atoms with E-state index in [2.05, 4.69) is 6.58 Å². The number of methoxy groups -OCH3 is 2. The smallest absolute Gasteiger partial charge is 0.218 e. The maximum absolute atomic E-state index is 12.0. The van der Waals surface area contributed by atoms with Crippen molar-refractivity contribution in [3.63, 3.8) is 0 Å². The number of carbonyl (C=O) groups excluding carboxylic acids is 2. The molecular formula is C12H18O4. The van der Waals surface area contributed by atoms with Gasteiger partial charge in [0.1, 0.15) is 0 Å². The van der Waals surface area contributed by atoms with E-state index in [0.717, 1.165) is 12.8 Å². The van der Waals surface area contributed by atoms with Crippen molar-refractivity contribution in [2.24, 2.45) is 5.92 Å². The Labute approximate surface area is 95.6 Å². The van der Waals surface area contributed by atoms with E-state index in [0.29, 0.717) is 18.4 Å². The molecule has 4 nitrogen and oxygen atoms in total. The Hall–Kier alpha value is -1.00. The van der Waals surface area contributed by atoms with Gasteiger partial charge in [0.2, 0.25) is 6.29 Å². The summed E-state index contributed by atoms with van der Waals surface area (Å²) >= 11 is 0. The molecule has 1 atom stereocenters. The molecule has 1 unspecified atom stereocenters. The van der Waals surface area contributed by atoms with E-state index in [9.17, 15) is 9.59 Å². The van der Waals surface area contributed by atoms with Gasteiger partial charge < -0.3 is 9.47 Å². The van der Waals surface area contributed by atoms with Crippen LogP contribution in [-0.4, -0.2) is 32.1 Å². The van der Waals surface area contributed by atoms with Gasteiger partial charge in [0, 0.05) is 14.2 Å². The van der Waals surface area contributed by atoms with Gasteiger partial charge in [-0.15, -0.1) is 0 Å². The molecule has 0 aromatic heterocycles. The van der Waals surface area contributed by atoms with Crippen LogP contribution in [0.2, 0.25) is 0 Å². The second-order valence-electron chi connectivity index (χ2n) is 3.97. The van der Waals surface area contributed by atoms with Crippen LogP contribution in [0.4, 0.5) is 0 Å². The van der Waals surface area contributed by atoms with Crippen LogP contribution in [0, 0.1) is 5.92 Å². The fourth-order valence-electron chi connectivity index (χ4n) is 1.95. The summed E-state index contributed by atoms with van der Waals surface area (Å²) in [5.74, 6) is -1.08. The van der Waals surface area contributed by atoms with Gasteiger partial charge in [-0.25, -0.2) is 0 Å². The number of carbonyl (C=O) groups is 2. The lowest BCUT2D eigenvalue weighted by atomic mass is 9.92. The van der Waals surface area contributed by atoms with Crippen LogP contribution in [0.15, 0.2) is 12.2 Å². The van der Waals surface area contributed by atoms with Crippen molar-refractivity contribution >= 4 is 11.6 Å². The van der Waals surface area contributed by atoms with E-state index in [1.807, 2.05) is 0 Å². The first-order valence-corrected chi connectivity index (χ1v) is 5.43. The van der Waals surface area contributed by atoms with Crippen molar-refractivity contribution in [3.8, 4) is 0 Å². The molecule has 0 saturated heterocycles. The fraction of sp³-hybridized carbons (Fsp3) is 0.667. The van der Waals surface area contributed by atoms with Crippen molar-refractivity contribution in [2.45, 2.75) is 32.0 Å². The molecule has 1 fully saturated rings. The Bertz CT molecular complexity index is 291. The number of rotatable bonds is 4. The molecule has 1 rings (SSSR count). The molecule has 0 heterocycles. The van der Waals surface area contributed by atoms with Crippen molar-refractivity contribution in [2.75, 3.05) is 14.2 Å². The van der Waals surface area contributed by atoms with E-state index < -0.39 is 12.2 Å². The van der Waals surface area contributed by atoms with E-state index >= 15 is 0 Å². The second-order valence-corrected chi connectivity index (χ2v) is 3.97. The van der Waals surface area contributed by atoms with Crippen molar-refractivity contribution in [1.29, 1.82) is 0 Å². The molecule has 0 amide bonds. The van der Waals surface area contributed by atoms with E-state index in [4.69, 9.17) is 9.47 Å². The quantitative estimate of drug-likeness (QED) is 0.315. The number of ether oxygens (including phenoxy) is 2. The minimum absolute atomic E-state index is 0.151. The summed E-state index contributed by atoms with van der Waals surface area (Å²) in [5.41, 5.74) is 0.543. The molecule has 0 radical (unpaired) electrons. The Balaban J connectivity index is 2.80. The standard InChI is InChI=1S/C12H18O4/c1-8-6-4-5-7-9(10(8)13)11(14)12(15-2)16-3/h9,12H,1,4-7H2,2-3H3. The SMILES string of the molecule is C=C1CCCCC(C(=O)C(OC)OC)C1=O. The molecule has 0 aliphatic heterocycles. The van der Waals surface area contributed by atoms with Gasteiger partial charge in [-0.05, 0) is 24.8 Å². The molecule has 4 heteroatoms. The van der Waals surface area contributed by atoms with E-state index in [1.165, 1.54) is 14.2 Å². The first kappa shape index (κ1) is 13.1. The molecule has 16 heavy (non-hydrogen) atoms. The maximum Gasteiger partial charge on any atom is 0.218 e. The molecule has 0 aromatic rings. The highest BCUT2D eigenvalue weighted by molar-refractivity contribution is 6.11. The lowest BCUT2D eigenvalue weighted by Gasteiger charge is -2.18. The zero-order valence-corrected chi connectivity index (χ0v) is 9.82. The number of hydrogen-bond donors (Lipinski definition) is 0. The third kappa shape index (κ3) is 2.77. The maximum atomic E-state index is 12.0. The Kier molecular flexibility index (Phi) is 4.83. The Morgan fingerprint density at radius 2 is 2.00 bits per heavy atom. The minimum Gasteiger partial charge on any atom is -0.349 e. The van der Waals surface area contributed by atoms with Crippen LogP contribution in [0.1, 0.15) is 25.7 Å². The molecule has 1 aliphatic rings. The molecule has 1 saturated carbocycles. The average molecular weight is 226 g/mol. The van der Waals surface area contributed by atoms with Gasteiger partial charge >= 0.3 is 0 Å². The van der Waals surface area contributed by atoms with Gasteiger partial charge in [0.05, 0.1) is 5.92 Å². The summed E-state index contributed by atoms with van der Waals surface area (Å²) in [4.78, 5) is 23.8. The second kappa shape index (κ2) is 5.92. The van der Waals surface area contributed by atoms with Crippen molar-refractivity contribution in [3.05, 3.63) is 12.2 Å². The van der Waals surface area contributed by atoms with Crippen LogP contribution in [-0.2, 0) is 19.1 Å². The van der Waals surface area contributed by atoms with Crippen LogP contribution in [0.5, 0.6) is 0 Å². The van der Waals surface area contributed by atoms with Gasteiger partial charge in [-0.3, -0.25) is 9.59 Å². The largest absolute Gasteiger partial charge is 0.349 e. The zero-order valence-electron chi connectivity index (χ0n) is 9.82. The summed E-state index contributed by atoms with van der Waals surface area (Å²) in [7, 11) is 2.78. The summed E-state index contributed by atoms with van der Waals surface area (Å²) in [6, 6.07) is 0. The lowest BCUT2D eigenvalue weighted by Crippen LogP contribution is -2.35.